The summed E-state index contributed by atoms with van der Waals surface area (Å²) in [4.78, 5) is 11.8. The molecular formula is C12H24N2O2. The Hall–Kier alpha value is -0.610. The lowest BCUT2D eigenvalue weighted by molar-refractivity contribution is -0.126. The molecule has 1 fully saturated rings. The zero-order valence-electron chi connectivity index (χ0n) is 10.4. The third kappa shape index (κ3) is 4.49. The number of carbonyl (C=O) groups excluding carboxylic acids is 1. The third-order valence-electron chi connectivity index (χ3n) is 3.20. The monoisotopic (exact) mass is 228 g/mol. The molecule has 1 aliphatic heterocycles. The van der Waals surface area contributed by atoms with Crippen LogP contribution < -0.4 is 10.6 Å². The molecule has 0 aromatic rings. The standard InChI is InChI=1S/C12H24N2O2/c1-12(2,5-7-15)9-14-11(16)10-4-3-6-13-8-10/h10,13,15H,3-9H2,1-2H3,(H,14,16). The number of amides is 1. The van der Waals surface area contributed by atoms with Gasteiger partial charge in [0.05, 0.1) is 5.92 Å². The minimum Gasteiger partial charge on any atom is -0.396 e. The molecule has 1 aliphatic rings. The summed E-state index contributed by atoms with van der Waals surface area (Å²) < 4.78 is 0. The number of aliphatic hydroxyl groups excluding tert-OH is 1. The molecule has 0 bridgehead atoms. The maximum atomic E-state index is 11.8. The van der Waals surface area contributed by atoms with E-state index in [-0.39, 0.29) is 23.8 Å². The Kier molecular flexibility index (Phi) is 5.22. The molecule has 1 heterocycles. The molecule has 0 saturated carbocycles. The zero-order valence-corrected chi connectivity index (χ0v) is 10.4. The van der Waals surface area contributed by atoms with Crippen LogP contribution in [0.25, 0.3) is 0 Å². The normalized spacial score (nSPS) is 21.8. The fourth-order valence-corrected chi connectivity index (χ4v) is 1.94. The third-order valence-corrected chi connectivity index (χ3v) is 3.20. The highest BCUT2D eigenvalue weighted by Gasteiger charge is 2.23. The van der Waals surface area contributed by atoms with Crippen LogP contribution in [0.2, 0.25) is 0 Å². The van der Waals surface area contributed by atoms with Crippen LogP contribution in [0.4, 0.5) is 0 Å². The van der Waals surface area contributed by atoms with Crippen LogP contribution >= 0.6 is 0 Å². The molecule has 0 aromatic carbocycles. The number of hydrogen-bond donors (Lipinski definition) is 3. The van der Waals surface area contributed by atoms with E-state index in [1.54, 1.807) is 0 Å². The summed E-state index contributed by atoms with van der Waals surface area (Å²) in [5, 5.41) is 15.1. The highest BCUT2D eigenvalue weighted by molar-refractivity contribution is 5.79. The fraction of sp³-hybridized carbons (Fsp3) is 0.917. The van der Waals surface area contributed by atoms with Crippen LogP contribution in [0, 0.1) is 11.3 Å². The first-order valence-corrected chi connectivity index (χ1v) is 6.14. The molecule has 0 aromatic heterocycles. The molecule has 16 heavy (non-hydrogen) atoms. The van der Waals surface area contributed by atoms with Crippen LogP contribution in [0.5, 0.6) is 0 Å². The first-order valence-electron chi connectivity index (χ1n) is 6.14. The Bertz CT molecular complexity index is 223. The maximum Gasteiger partial charge on any atom is 0.224 e. The van der Waals surface area contributed by atoms with Gasteiger partial charge in [0.1, 0.15) is 0 Å². The Labute approximate surface area is 97.8 Å². The van der Waals surface area contributed by atoms with Gasteiger partial charge in [-0.1, -0.05) is 13.8 Å². The van der Waals surface area contributed by atoms with Gasteiger partial charge in [0.15, 0.2) is 0 Å². The Morgan fingerprint density at radius 1 is 1.56 bits per heavy atom. The minimum atomic E-state index is -0.0213. The number of aliphatic hydroxyl groups is 1. The molecule has 4 heteroatoms. The van der Waals surface area contributed by atoms with Crippen molar-refractivity contribution in [1.29, 1.82) is 0 Å². The predicted molar refractivity (Wildman–Crippen MR) is 64.1 cm³/mol. The molecule has 0 aliphatic carbocycles. The Morgan fingerprint density at radius 2 is 2.31 bits per heavy atom. The Morgan fingerprint density at radius 3 is 2.88 bits per heavy atom. The van der Waals surface area contributed by atoms with Crippen molar-refractivity contribution in [1.82, 2.24) is 10.6 Å². The quantitative estimate of drug-likeness (QED) is 0.642. The second-order valence-electron chi connectivity index (χ2n) is 5.40. The van der Waals surface area contributed by atoms with Gasteiger partial charge in [0.25, 0.3) is 0 Å². The van der Waals surface area contributed by atoms with E-state index in [1.165, 1.54) is 0 Å². The highest BCUT2D eigenvalue weighted by atomic mass is 16.3. The van der Waals surface area contributed by atoms with Gasteiger partial charge in [-0.25, -0.2) is 0 Å². The SMILES string of the molecule is CC(C)(CCO)CNC(=O)C1CCCNC1. The highest BCUT2D eigenvalue weighted by Crippen LogP contribution is 2.18. The summed E-state index contributed by atoms with van der Waals surface area (Å²) in [7, 11) is 0. The zero-order chi connectivity index (χ0) is 12.0. The predicted octanol–water partition coefficient (Wildman–Crippen LogP) is 0.511. The van der Waals surface area contributed by atoms with E-state index >= 15 is 0 Å². The second-order valence-corrected chi connectivity index (χ2v) is 5.40. The summed E-state index contributed by atoms with van der Waals surface area (Å²) in [5.41, 5.74) is -0.0213. The van der Waals surface area contributed by atoms with Crippen LogP contribution in [-0.4, -0.2) is 37.3 Å². The van der Waals surface area contributed by atoms with Gasteiger partial charge >= 0.3 is 0 Å². The molecule has 1 atom stereocenters. The molecule has 0 spiro atoms. The molecule has 4 nitrogen and oxygen atoms in total. The van der Waals surface area contributed by atoms with E-state index in [9.17, 15) is 4.79 Å². The first-order chi connectivity index (χ1) is 7.55. The first kappa shape index (κ1) is 13.5. The Balaban J connectivity index is 2.28. The van der Waals surface area contributed by atoms with Crippen molar-refractivity contribution >= 4 is 5.91 Å². The van der Waals surface area contributed by atoms with Crippen molar-refractivity contribution in [3.63, 3.8) is 0 Å². The number of carbonyl (C=O) groups is 1. The van der Waals surface area contributed by atoms with Gasteiger partial charge in [-0.05, 0) is 31.2 Å². The molecule has 1 saturated heterocycles. The van der Waals surface area contributed by atoms with Crippen LogP contribution in [0.3, 0.4) is 0 Å². The summed E-state index contributed by atoms with van der Waals surface area (Å²) in [6, 6.07) is 0. The van der Waals surface area contributed by atoms with Gasteiger partial charge < -0.3 is 15.7 Å². The van der Waals surface area contributed by atoms with E-state index in [1.807, 2.05) is 0 Å². The molecular weight excluding hydrogens is 204 g/mol. The lowest BCUT2D eigenvalue weighted by Gasteiger charge is -2.27. The van der Waals surface area contributed by atoms with Crippen molar-refractivity contribution in [2.45, 2.75) is 33.1 Å². The van der Waals surface area contributed by atoms with Crippen molar-refractivity contribution in [2.75, 3.05) is 26.2 Å². The maximum absolute atomic E-state index is 11.8. The van der Waals surface area contributed by atoms with Gasteiger partial charge in [0.2, 0.25) is 5.91 Å². The van der Waals surface area contributed by atoms with Crippen molar-refractivity contribution in [3.05, 3.63) is 0 Å². The topological polar surface area (TPSA) is 61.4 Å². The van der Waals surface area contributed by atoms with E-state index in [0.29, 0.717) is 6.54 Å². The van der Waals surface area contributed by atoms with E-state index in [2.05, 4.69) is 24.5 Å². The van der Waals surface area contributed by atoms with Crippen molar-refractivity contribution < 1.29 is 9.90 Å². The lowest BCUT2D eigenvalue weighted by Crippen LogP contribution is -2.43. The van der Waals surface area contributed by atoms with Gasteiger partial charge in [-0.3, -0.25) is 4.79 Å². The molecule has 3 N–H and O–H groups in total. The fourth-order valence-electron chi connectivity index (χ4n) is 1.94. The smallest absolute Gasteiger partial charge is 0.224 e. The second kappa shape index (κ2) is 6.21. The molecule has 1 amide bonds. The average molecular weight is 228 g/mol. The molecule has 0 radical (unpaired) electrons. The summed E-state index contributed by atoms with van der Waals surface area (Å²) in [6.45, 7) is 6.76. The van der Waals surface area contributed by atoms with E-state index in [4.69, 9.17) is 5.11 Å². The number of rotatable bonds is 5. The average Bonchev–Trinajstić information content (AvgIpc) is 2.27. The van der Waals surface area contributed by atoms with E-state index < -0.39 is 0 Å². The summed E-state index contributed by atoms with van der Waals surface area (Å²) in [6.07, 6.45) is 2.79. The van der Waals surface area contributed by atoms with Crippen molar-refractivity contribution in [3.8, 4) is 0 Å². The van der Waals surface area contributed by atoms with Crippen molar-refractivity contribution in [2.24, 2.45) is 11.3 Å². The summed E-state index contributed by atoms with van der Waals surface area (Å²) in [5.74, 6) is 0.275. The minimum absolute atomic E-state index is 0.0213. The number of piperidine rings is 1. The summed E-state index contributed by atoms with van der Waals surface area (Å²) >= 11 is 0. The van der Waals surface area contributed by atoms with E-state index in [0.717, 1.165) is 32.4 Å². The van der Waals surface area contributed by atoms with Crippen LogP contribution in [0.15, 0.2) is 0 Å². The van der Waals surface area contributed by atoms with Gasteiger partial charge in [-0.15, -0.1) is 0 Å². The lowest BCUT2D eigenvalue weighted by atomic mass is 9.89. The van der Waals surface area contributed by atoms with Gasteiger partial charge in [0, 0.05) is 19.7 Å². The largest absolute Gasteiger partial charge is 0.396 e. The van der Waals surface area contributed by atoms with Gasteiger partial charge in [-0.2, -0.15) is 0 Å². The molecule has 94 valence electrons. The molecule has 1 unspecified atom stereocenters. The van der Waals surface area contributed by atoms with Crippen LogP contribution in [-0.2, 0) is 4.79 Å². The molecule has 1 rings (SSSR count). The van der Waals surface area contributed by atoms with Crippen LogP contribution in [0.1, 0.15) is 33.1 Å². The number of nitrogens with one attached hydrogen (secondary N) is 2. The number of hydrogen-bond acceptors (Lipinski definition) is 3.